The highest BCUT2D eigenvalue weighted by atomic mass is 16.2. The Morgan fingerprint density at radius 1 is 1.67 bits per heavy atom. The molecule has 1 saturated heterocycles. The molecule has 1 amide bonds. The van der Waals surface area contributed by atoms with E-state index in [2.05, 4.69) is 0 Å². The molecule has 0 spiro atoms. The predicted molar refractivity (Wildman–Crippen MR) is 48.6 cm³/mol. The molecule has 1 atom stereocenters. The van der Waals surface area contributed by atoms with Crippen molar-refractivity contribution in [2.24, 2.45) is 5.73 Å². The standard InChI is InChI=1S/C9H16N2O/c1-2-4-9(12)11-6-3-5-8(10)7-11/h2,4,8H,3,5-7,10H2,1H3/b4-2+. The molecule has 0 bridgehead atoms. The number of carbonyl (C=O) groups is 1. The highest BCUT2D eigenvalue weighted by Crippen LogP contribution is 2.08. The number of hydrogen-bond acceptors (Lipinski definition) is 2. The van der Waals surface area contributed by atoms with E-state index in [4.69, 9.17) is 5.73 Å². The number of nitrogens with zero attached hydrogens (tertiary/aromatic N) is 1. The number of hydrogen-bond donors (Lipinski definition) is 1. The number of amides is 1. The third-order valence-electron chi connectivity index (χ3n) is 2.08. The third-order valence-corrected chi connectivity index (χ3v) is 2.08. The van der Waals surface area contributed by atoms with Crippen LogP contribution in [0.1, 0.15) is 19.8 Å². The number of nitrogens with two attached hydrogens (primary N) is 1. The van der Waals surface area contributed by atoms with Gasteiger partial charge in [0.05, 0.1) is 0 Å². The van der Waals surface area contributed by atoms with E-state index in [1.54, 1.807) is 12.2 Å². The molecule has 3 heteroatoms. The molecule has 68 valence electrons. The summed E-state index contributed by atoms with van der Waals surface area (Å²) in [5, 5.41) is 0. The van der Waals surface area contributed by atoms with Crippen molar-refractivity contribution in [1.29, 1.82) is 0 Å². The molecule has 1 aliphatic rings. The average molecular weight is 168 g/mol. The predicted octanol–water partition coefficient (Wildman–Crippen LogP) is 0.512. The van der Waals surface area contributed by atoms with Gasteiger partial charge in [-0.2, -0.15) is 0 Å². The van der Waals surface area contributed by atoms with Crippen molar-refractivity contribution in [3.63, 3.8) is 0 Å². The molecule has 0 aliphatic carbocycles. The number of allylic oxidation sites excluding steroid dienone is 1. The van der Waals surface area contributed by atoms with E-state index < -0.39 is 0 Å². The summed E-state index contributed by atoms with van der Waals surface area (Å²) >= 11 is 0. The van der Waals surface area contributed by atoms with Crippen molar-refractivity contribution in [3.05, 3.63) is 12.2 Å². The minimum absolute atomic E-state index is 0.0904. The van der Waals surface area contributed by atoms with Gasteiger partial charge in [-0.1, -0.05) is 6.08 Å². The van der Waals surface area contributed by atoms with E-state index in [1.807, 2.05) is 11.8 Å². The molecule has 2 N–H and O–H groups in total. The molecule has 0 aromatic rings. The summed E-state index contributed by atoms with van der Waals surface area (Å²) in [6.45, 7) is 3.42. The molecule has 1 fully saturated rings. The van der Waals surface area contributed by atoms with E-state index in [-0.39, 0.29) is 11.9 Å². The summed E-state index contributed by atoms with van der Waals surface area (Å²) in [4.78, 5) is 13.1. The molecule has 0 saturated carbocycles. The Bertz CT molecular complexity index is 189. The SMILES string of the molecule is C/C=C/C(=O)N1CCCC(N)C1. The molecule has 3 nitrogen and oxygen atoms in total. The van der Waals surface area contributed by atoms with Crippen molar-refractivity contribution in [1.82, 2.24) is 4.90 Å². The van der Waals surface area contributed by atoms with Gasteiger partial charge in [-0.05, 0) is 25.8 Å². The first-order valence-corrected chi connectivity index (χ1v) is 4.41. The van der Waals surface area contributed by atoms with Gasteiger partial charge in [0.2, 0.25) is 5.91 Å². The second kappa shape index (κ2) is 4.26. The molecule has 0 radical (unpaired) electrons. The van der Waals surface area contributed by atoms with Crippen molar-refractivity contribution >= 4 is 5.91 Å². The maximum atomic E-state index is 11.3. The molecular formula is C9H16N2O. The summed E-state index contributed by atoms with van der Waals surface area (Å²) in [6.07, 6.45) is 5.44. The first kappa shape index (κ1) is 9.26. The molecular weight excluding hydrogens is 152 g/mol. The van der Waals surface area contributed by atoms with Crippen LogP contribution in [0.3, 0.4) is 0 Å². The highest BCUT2D eigenvalue weighted by molar-refractivity contribution is 5.87. The van der Waals surface area contributed by atoms with Crippen LogP contribution in [0.4, 0.5) is 0 Å². The van der Waals surface area contributed by atoms with Crippen LogP contribution in [0.2, 0.25) is 0 Å². The quantitative estimate of drug-likeness (QED) is 0.580. The van der Waals surface area contributed by atoms with Gasteiger partial charge >= 0.3 is 0 Å². The first-order valence-electron chi connectivity index (χ1n) is 4.41. The molecule has 0 aromatic carbocycles. The van der Waals surface area contributed by atoms with Crippen molar-refractivity contribution in [2.45, 2.75) is 25.8 Å². The zero-order valence-electron chi connectivity index (χ0n) is 7.49. The lowest BCUT2D eigenvalue weighted by atomic mass is 10.1. The topological polar surface area (TPSA) is 46.3 Å². The summed E-state index contributed by atoms with van der Waals surface area (Å²) < 4.78 is 0. The van der Waals surface area contributed by atoms with Crippen LogP contribution in [-0.2, 0) is 4.79 Å². The third kappa shape index (κ3) is 2.34. The number of rotatable bonds is 1. The molecule has 0 aromatic heterocycles. The lowest BCUT2D eigenvalue weighted by molar-refractivity contribution is -0.127. The summed E-state index contributed by atoms with van der Waals surface area (Å²) in [7, 11) is 0. The van der Waals surface area contributed by atoms with Crippen LogP contribution in [0.15, 0.2) is 12.2 Å². The lowest BCUT2D eigenvalue weighted by Gasteiger charge is -2.29. The van der Waals surface area contributed by atoms with E-state index in [0.717, 1.165) is 19.4 Å². The van der Waals surface area contributed by atoms with Crippen LogP contribution in [0, 0.1) is 0 Å². The fourth-order valence-electron chi connectivity index (χ4n) is 1.46. The van der Waals surface area contributed by atoms with E-state index in [9.17, 15) is 4.79 Å². The van der Waals surface area contributed by atoms with Crippen LogP contribution < -0.4 is 5.73 Å². The number of piperidine rings is 1. The van der Waals surface area contributed by atoms with Gasteiger partial charge in [0.1, 0.15) is 0 Å². The van der Waals surface area contributed by atoms with Gasteiger partial charge in [0.15, 0.2) is 0 Å². The van der Waals surface area contributed by atoms with Gasteiger partial charge in [-0.25, -0.2) is 0 Å². The Hall–Kier alpha value is -0.830. The lowest BCUT2D eigenvalue weighted by Crippen LogP contribution is -2.45. The fourth-order valence-corrected chi connectivity index (χ4v) is 1.46. The van der Waals surface area contributed by atoms with Gasteiger partial charge in [0.25, 0.3) is 0 Å². The van der Waals surface area contributed by atoms with Crippen LogP contribution in [0.25, 0.3) is 0 Å². The zero-order chi connectivity index (χ0) is 8.97. The summed E-state index contributed by atoms with van der Waals surface area (Å²) in [6, 6.07) is 0.174. The highest BCUT2D eigenvalue weighted by Gasteiger charge is 2.18. The van der Waals surface area contributed by atoms with E-state index in [1.165, 1.54) is 0 Å². The smallest absolute Gasteiger partial charge is 0.246 e. The Morgan fingerprint density at radius 3 is 3.00 bits per heavy atom. The van der Waals surface area contributed by atoms with Gasteiger partial charge in [0, 0.05) is 19.1 Å². The molecule has 1 aliphatic heterocycles. The zero-order valence-corrected chi connectivity index (χ0v) is 7.49. The van der Waals surface area contributed by atoms with Crippen molar-refractivity contribution in [2.75, 3.05) is 13.1 Å². The molecule has 1 unspecified atom stereocenters. The Balaban J connectivity index is 2.45. The number of likely N-dealkylation sites (tertiary alicyclic amines) is 1. The van der Waals surface area contributed by atoms with Crippen LogP contribution in [0.5, 0.6) is 0 Å². The molecule has 1 rings (SSSR count). The normalized spacial score (nSPS) is 24.8. The monoisotopic (exact) mass is 168 g/mol. The Labute approximate surface area is 73.2 Å². The summed E-state index contributed by atoms with van der Waals surface area (Å²) in [5.74, 6) is 0.0904. The van der Waals surface area contributed by atoms with Crippen molar-refractivity contribution < 1.29 is 4.79 Å². The minimum Gasteiger partial charge on any atom is -0.338 e. The van der Waals surface area contributed by atoms with E-state index in [0.29, 0.717) is 6.54 Å². The minimum atomic E-state index is 0.0904. The second-order valence-electron chi connectivity index (χ2n) is 3.19. The Morgan fingerprint density at radius 2 is 2.42 bits per heavy atom. The second-order valence-corrected chi connectivity index (χ2v) is 3.19. The van der Waals surface area contributed by atoms with Crippen LogP contribution >= 0.6 is 0 Å². The van der Waals surface area contributed by atoms with Gasteiger partial charge < -0.3 is 10.6 Å². The molecule has 12 heavy (non-hydrogen) atoms. The van der Waals surface area contributed by atoms with Gasteiger partial charge in [-0.3, -0.25) is 4.79 Å². The maximum Gasteiger partial charge on any atom is 0.246 e. The van der Waals surface area contributed by atoms with Crippen molar-refractivity contribution in [3.8, 4) is 0 Å². The average Bonchev–Trinajstić information content (AvgIpc) is 2.05. The maximum absolute atomic E-state index is 11.3. The largest absolute Gasteiger partial charge is 0.338 e. The van der Waals surface area contributed by atoms with Crippen LogP contribution in [-0.4, -0.2) is 29.9 Å². The Kier molecular flexibility index (Phi) is 3.29. The van der Waals surface area contributed by atoms with Gasteiger partial charge in [-0.15, -0.1) is 0 Å². The first-order chi connectivity index (χ1) is 5.74. The molecule has 1 heterocycles. The fraction of sp³-hybridized carbons (Fsp3) is 0.667. The number of carbonyl (C=O) groups excluding carboxylic acids is 1. The summed E-state index contributed by atoms with van der Waals surface area (Å²) in [5.41, 5.74) is 5.74. The van der Waals surface area contributed by atoms with E-state index >= 15 is 0 Å².